The van der Waals surface area contributed by atoms with E-state index in [1.54, 1.807) is 0 Å². The van der Waals surface area contributed by atoms with Crippen molar-refractivity contribution in [3.63, 3.8) is 0 Å². The minimum atomic E-state index is -0.442. The van der Waals surface area contributed by atoms with Crippen molar-refractivity contribution in [3.05, 3.63) is 95.6 Å². The largest absolute Gasteiger partial charge is 0.458 e. The fourth-order valence-corrected chi connectivity index (χ4v) is 3.41. The molecular formula is C26H26O3. The quantitative estimate of drug-likeness (QED) is 0.424. The number of carbonyl (C=O) groups excluding carboxylic acids is 1. The average molecular weight is 386 g/mol. The predicted octanol–water partition coefficient (Wildman–Crippen LogP) is 5.61. The summed E-state index contributed by atoms with van der Waals surface area (Å²) in [6.45, 7) is 7.82. The molecule has 0 aromatic heterocycles. The second-order valence-electron chi connectivity index (χ2n) is 7.05. The van der Waals surface area contributed by atoms with E-state index in [1.807, 2.05) is 18.2 Å². The van der Waals surface area contributed by atoms with E-state index in [-0.39, 0.29) is 13.2 Å². The molecule has 0 aliphatic carbocycles. The van der Waals surface area contributed by atoms with Gasteiger partial charge in [0.1, 0.15) is 6.61 Å². The normalized spacial score (nSPS) is 10.6. The van der Waals surface area contributed by atoms with Gasteiger partial charge in [-0.25, -0.2) is 4.79 Å². The molecule has 3 rings (SSSR count). The van der Waals surface area contributed by atoms with E-state index >= 15 is 0 Å². The number of hydrogen-bond donors (Lipinski definition) is 1. The standard InChI is InChI=1S/C26H26O3/c1-4-20-14-19(16-27)8-12-24(20)25-13-11-22(21-9-6-18(3)7-10-21)15-23(25)17-29-26(28)5-2/h5-15,27H,2,4,16-17H2,1,3H3. The van der Waals surface area contributed by atoms with Gasteiger partial charge in [-0.3, -0.25) is 0 Å². The monoisotopic (exact) mass is 386 g/mol. The Hall–Kier alpha value is -3.17. The second kappa shape index (κ2) is 9.35. The van der Waals surface area contributed by atoms with Gasteiger partial charge in [0, 0.05) is 6.08 Å². The molecule has 3 aromatic rings. The SMILES string of the molecule is C=CC(=O)OCc1cc(-c2ccc(C)cc2)ccc1-c1ccc(CO)cc1CC. The van der Waals surface area contributed by atoms with Crippen LogP contribution in [-0.2, 0) is 29.2 Å². The van der Waals surface area contributed by atoms with Gasteiger partial charge in [-0.15, -0.1) is 0 Å². The van der Waals surface area contributed by atoms with Crippen LogP contribution in [0.1, 0.15) is 29.2 Å². The van der Waals surface area contributed by atoms with Gasteiger partial charge in [-0.2, -0.15) is 0 Å². The lowest BCUT2D eigenvalue weighted by Gasteiger charge is -2.16. The van der Waals surface area contributed by atoms with E-state index in [1.165, 1.54) is 11.6 Å². The first kappa shape index (κ1) is 20.6. The van der Waals surface area contributed by atoms with Crippen LogP contribution in [0.2, 0.25) is 0 Å². The van der Waals surface area contributed by atoms with Crippen molar-refractivity contribution in [2.24, 2.45) is 0 Å². The number of benzene rings is 3. The second-order valence-corrected chi connectivity index (χ2v) is 7.05. The molecule has 148 valence electrons. The molecule has 3 heteroatoms. The molecule has 0 saturated heterocycles. The van der Waals surface area contributed by atoms with Gasteiger partial charge < -0.3 is 9.84 Å². The van der Waals surface area contributed by atoms with Crippen molar-refractivity contribution >= 4 is 5.97 Å². The predicted molar refractivity (Wildman–Crippen MR) is 117 cm³/mol. The molecular weight excluding hydrogens is 360 g/mol. The fourth-order valence-electron chi connectivity index (χ4n) is 3.41. The van der Waals surface area contributed by atoms with Gasteiger partial charge in [0.05, 0.1) is 6.61 Å². The summed E-state index contributed by atoms with van der Waals surface area (Å²) in [6.07, 6.45) is 2.02. The van der Waals surface area contributed by atoms with Gasteiger partial charge in [-0.05, 0) is 58.4 Å². The number of aliphatic hydroxyl groups is 1. The van der Waals surface area contributed by atoms with Crippen molar-refractivity contribution in [1.29, 1.82) is 0 Å². The first-order chi connectivity index (χ1) is 14.0. The molecule has 0 aliphatic rings. The highest BCUT2D eigenvalue weighted by atomic mass is 16.5. The Labute approximate surface area is 172 Å². The van der Waals surface area contributed by atoms with Gasteiger partial charge in [0.2, 0.25) is 0 Å². The molecule has 0 bridgehead atoms. The minimum absolute atomic E-state index is 0.0173. The molecule has 0 radical (unpaired) electrons. The van der Waals surface area contributed by atoms with E-state index in [0.717, 1.165) is 45.4 Å². The van der Waals surface area contributed by atoms with E-state index in [0.29, 0.717) is 0 Å². The molecule has 0 amide bonds. The maximum Gasteiger partial charge on any atom is 0.330 e. The Balaban J connectivity index is 2.09. The molecule has 29 heavy (non-hydrogen) atoms. The van der Waals surface area contributed by atoms with E-state index in [2.05, 4.69) is 62.9 Å². The Morgan fingerprint density at radius 1 is 0.966 bits per heavy atom. The lowest BCUT2D eigenvalue weighted by Crippen LogP contribution is -2.03. The number of carbonyl (C=O) groups is 1. The smallest absolute Gasteiger partial charge is 0.330 e. The van der Waals surface area contributed by atoms with Crippen LogP contribution in [0.3, 0.4) is 0 Å². The van der Waals surface area contributed by atoms with E-state index in [4.69, 9.17) is 4.74 Å². The first-order valence-corrected chi connectivity index (χ1v) is 9.78. The molecule has 3 nitrogen and oxygen atoms in total. The van der Waals surface area contributed by atoms with Crippen LogP contribution >= 0.6 is 0 Å². The molecule has 3 aromatic carbocycles. The molecule has 0 aliphatic heterocycles. The molecule has 0 unspecified atom stereocenters. The molecule has 1 N–H and O–H groups in total. The zero-order valence-corrected chi connectivity index (χ0v) is 16.9. The Morgan fingerprint density at radius 3 is 2.28 bits per heavy atom. The Morgan fingerprint density at radius 2 is 1.62 bits per heavy atom. The number of hydrogen-bond acceptors (Lipinski definition) is 3. The lowest BCUT2D eigenvalue weighted by atomic mass is 9.91. The maximum atomic E-state index is 11.7. The van der Waals surface area contributed by atoms with Crippen LogP contribution in [0.5, 0.6) is 0 Å². The summed E-state index contributed by atoms with van der Waals surface area (Å²) in [5.41, 5.74) is 8.49. The van der Waals surface area contributed by atoms with Crippen molar-refractivity contribution in [2.75, 3.05) is 0 Å². The third-order valence-electron chi connectivity index (χ3n) is 5.05. The minimum Gasteiger partial charge on any atom is -0.458 e. The molecule has 0 spiro atoms. The van der Waals surface area contributed by atoms with Crippen LogP contribution in [0.15, 0.2) is 73.3 Å². The van der Waals surface area contributed by atoms with Crippen molar-refractivity contribution in [2.45, 2.75) is 33.5 Å². The highest BCUT2D eigenvalue weighted by molar-refractivity contribution is 5.81. The molecule has 0 saturated carbocycles. The number of rotatable bonds is 7. The summed E-state index contributed by atoms with van der Waals surface area (Å²) in [5.74, 6) is -0.442. The third kappa shape index (κ3) is 4.82. The van der Waals surface area contributed by atoms with Gasteiger partial charge in [0.15, 0.2) is 0 Å². The van der Waals surface area contributed by atoms with Gasteiger partial charge in [-0.1, -0.05) is 73.7 Å². The molecule has 0 fully saturated rings. The Kier molecular flexibility index (Phi) is 6.63. The van der Waals surface area contributed by atoms with Gasteiger partial charge in [0.25, 0.3) is 0 Å². The van der Waals surface area contributed by atoms with Crippen LogP contribution < -0.4 is 0 Å². The summed E-state index contributed by atoms with van der Waals surface area (Å²) in [7, 11) is 0. The highest BCUT2D eigenvalue weighted by Gasteiger charge is 2.13. The summed E-state index contributed by atoms with van der Waals surface area (Å²) < 4.78 is 5.37. The first-order valence-electron chi connectivity index (χ1n) is 9.78. The summed E-state index contributed by atoms with van der Waals surface area (Å²) in [4.78, 5) is 11.7. The number of ether oxygens (including phenoxy) is 1. The van der Waals surface area contributed by atoms with Crippen molar-refractivity contribution in [1.82, 2.24) is 0 Å². The van der Waals surface area contributed by atoms with Crippen LogP contribution in [0.25, 0.3) is 22.3 Å². The summed E-state index contributed by atoms with van der Waals surface area (Å²) in [5, 5.41) is 9.46. The summed E-state index contributed by atoms with van der Waals surface area (Å²) >= 11 is 0. The number of aryl methyl sites for hydroxylation is 2. The van der Waals surface area contributed by atoms with E-state index in [9.17, 15) is 9.90 Å². The van der Waals surface area contributed by atoms with E-state index < -0.39 is 5.97 Å². The summed E-state index contributed by atoms with van der Waals surface area (Å²) in [6, 6.07) is 20.6. The van der Waals surface area contributed by atoms with Gasteiger partial charge >= 0.3 is 5.97 Å². The van der Waals surface area contributed by atoms with Crippen LogP contribution in [0, 0.1) is 6.92 Å². The topological polar surface area (TPSA) is 46.5 Å². The fraction of sp³-hybridized carbons (Fsp3) is 0.192. The zero-order chi connectivity index (χ0) is 20.8. The van der Waals surface area contributed by atoms with Crippen molar-refractivity contribution < 1.29 is 14.6 Å². The number of esters is 1. The van der Waals surface area contributed by atoms with Crippen LogP contribution in [-0.4, -0.2) is 11.1 Å². The van der Waals surface area contributed by atoms with Crippen LogP contribution in [0.4, 0.5) is 0 Å². The maximum absolute atomic E-state index is 11.7. The average Bonchev–Trinajstić information content (AvgIpc) is 2.77. The Bertz CT molecular complexity index is 1020. The lowest BCUT2D eigenvalue weighted by molar-refractivity contribution is -0.138. The van der Waals surface area contributed by atoms with Crippen molar-refractivity contribution in [3.8, 4) is 22.3 Å². The molecule has 0 atom stereocenters. The number of aliphatic hydroxyl groups excluding tert-OH is 1. The molecule has 0 heterocycles. The third-order valence-corrected chi connectivity index (χ3v) is 5.05. The zero-order valence-electron chi connectivity index (χ0n) is 16.9. The highest BCUT2D eigenvalue weighted by Crippen LogP contribution is 2.32.